The Balaban J connectivity index is 1.08. The molecule has 11 nitrogen and oxygen atoms in total. The molecule has 4 saturated carbocycles. The molecule has 0 aromatic heterocycles. The van der Waals surface area contributed by atoms with Crippen LogP contribution in [0.1, 0.15) is 82.0 Å². The van der Waals surface area contributed by atoms with Crippen LogP contribution in [0, 0.1) is 39.9 Å². The number of benzene rings is 1. The monoisotopic (exact) mass is 723 g/mol. The molecular formula is C39H49NO10S. The van der Waals surface area contributed by atoms with E-state index in [1.165, 1.54) is 11.8 Å². The summed E-state index contributed by atoms with van der Waals surface area (Å²) in [4.78, 5) is 37.2. The maximum Gasteiger partial charge on any atom is 0.338 e. The van der Waals surface area contributed by atoms with Crippen LogP contribution in [0.25, 0.3) is 0 Å². The van der Waals surface area contributed by atoms with Gasteiger partial charge in [0, 0.05) is 29.9 Å². The van der Waals surface area contributed by atoms with Gasteiger partial charge >= 0.3 is 11.9 Å². The van der Waals surface area contributed by atoms with Crippen LogP contribution in [0.3, 0.4) is 0 Å². The standard InChI is InChI=1S/C39H49NO10S/c1-22-16-38(40-31(42)19-51-38)39(45)34(48-22)49-29-15-25-8-9-28-27(36(25,17-30(29)50-39)21-47-33(44)23-6-4-3-5-7-23)10-12-35(2)26(11-13-37(28,35)20-41)24-14-32(43)46-18-24/h3-7,14,22,25-30,34,41,45H,8-13,15-21H2,1-2H3,(H,40,42)/t22-,25+,26-,27+,28-,29-,30-,34+,35-,36-,37+,38+,39?/m1/s1. The third-order valence-electron chi connectivity index (χ3n) is 15.0. The Morgan fingerprint density at radius 2 is 1.86 bits per heavy atom. The Kier molecular flexibility index (Phi) is 8.08. The normalized spacial score (nSPS) is 48.4. The maximum absolute atomic E-state index is 13.6. The fraction of sp³-hybridized carbons (Fsp3) is 0.718. The lowest BCUT2D eigenvalue weighted by molar-refractivity contribution is -0.449. The molecule has 4 aliphatic heterocycles. The fourth-order valence-corrected chi connectivity index (χ4v) is 14.0. The minimum Gasteiger partial charge on any atom is -0.461 e. The number of aliphatic hydroxyl groups is 2. The molecule has 3 saturated heterocycles. The van der Waals surface area contributed by atoms with Crippen molar-refractivity contribution in [2.75, 3.05) is 25.6 Å². The van der Waals surface area contributed by atoms with Gasteiger partial charge in [0.25, 0.3) is 5.79 Å². The van der Waals surface area contributed by atoms with Gasteiger partial charge in [0.05, 0.1) is 36.2 Å². The number of nitrogens with one attached hydrogen (secondary N) is 1. The fourth-order valence-electron chi connectivity index (χ4n) is 12.7. The number of hydrogen-bond donors (Lipinski definition) is 3. The first-order chi connectivity index (χ1) is 24.5. The van der Waals surface area contributed by atoms with E-state index in [4.69, 9.17) is 23.7 Å². The number of amides is 1. The number of hydrogen-bond acceptors (Lipinski definition) is 11. The van der Waals surface area contributed by atoms with Gasteiger partial charge in [-0.3, -0.25) is 4.79 Å². The molecule has 9 rings (SSSR count). The van der Waals surface area contributed by atoms with Crippen molar-refractivity contribution in [3.8, 4) is 0 Å². The van der Waals surface area contributed by atoms with Crippen LogP contribution in [0.2, 0.25) is 0 Å². The molecule has 13 atom stereocenters. The molecular weight excluding hydrogens is 674 g/mol. The quantitative estimate of drug-likeness (QED) is 0.298. The summed E-state index contributed by atoms with van der Waals surface area (Å²) >= 11 is 1.35. The number of carbonyl (C=O) groups is 3. The molecule has 1 unspecified atom stereocenters. The van der Waals surface area contributed by atoms with Gasteiger partial charge in [0.15, 0.2) is 0 Å². The van der Waals surface area contributed by atoms with E-state index in [9.17, 15) is 24.6 Å². The molecule has 1 aromatic rings. The highest BCUT2D eigenvalue weighted by molar-refractivity contribution is 8.01. The highest BCUT2D eigenvalue weighted by atomic mass is 32.2. The van der Waals surface area contributed by atoms with E-state index in [0.717, 1.165) is 44.1 Å². The first-order valence-corrected chi connectivity index (χ1v) is 19.8. The number of thioether (sulfide) groups is 1. The molecule has 0 bridgehead atoms. The SMILES string of the molecule is C[C@@H]1C[C@@]2(NC(=O)CS2)C2(O)O[C@@H]3C[C@@]4(COC(=O)c5ccccc5)[C@@H](CC[C@@H]5[C@@H]4CC[C@]4(C)[C@@H](C6=CC(=O)OC6)CC[C@]54CO)C[C@H]3O[C@@H]2O1. The van der Waals surface area contributed by atoms with E-state index in [-0.39, 0.29) is 83.5 Å². The van der Waals surface area contributed by atoms with Crippen molar-refractivity contribution >= 4 is 29.6 Å². The zero-order valence-corrected chi connectivity index (χ0v) is 30.2. The minimum atomic E-state index is -1.91. The van der Waals surface area contributed by atoms with Gasteiger partial charge in [0.1, 0.15) is 11.5 Å². The molecule has 7 fully saturated rings. The van der Waals surface area contributed by atoms with Crippen molar-refractivity contribution in [3.63, 3.8) is 0 Å². The van der Waals surface area contributed by atoms with Crippen LogP contribution in [0.15, 0.2) is 42.0 Å². The Bertz CT molecular complexity index is 1640. The average molecular weight is 724 g/mol. The molecule has 0 radical (unpaired) electrons. The summed E-state index contributed by atoms with van der Waals surface area (Å²) < 4.78 is 31.4. The van der Waals surface area contributed by atoms with Gasteiger partial charge in [0.2, 0.25) is 12.2 Å². The van der Waals surface area contributed by atoms with Crippen LogP contribution in [0.5, 0.6) is 0 Å². The third kappa shape index (κ3) is 4.85. The van der Waals surface area contributed by atoms with Crippen molar-refractivity contribution in [3.05, 3.63) is 47.5 Å². The van der Waals surface area contributed by atoms with Gasteiger partial charge < -0.3 is 39.2 Å². The van der Waals surface area contributed by atoms with Crippen molar-refractivity contribution in [1.82, 2.24) is 5.32 Å². The molecule has 276 valence electrons. The summed E-state index contributed by atoms with van der Waals surface area (Å²) in [6.45, 7) is 4.81. The maximum atomic E-state index is 13.6. The second kappa shape index (κ2) is 12.0. The lowest BCUT2D eigenvalue weighted by Gasteiger charge is -2.67. The van der Waals surface area contributed by atoms with Crippen molar-refractivity contribution in [1.29, 1.82) is 0 Å². The van der Waals surface area contributed by atoms with Gasteiger partial charge in [-0.1, -0.05) is 25.1 Å². The lowest BCUT2D eigenvalue weighted by atomic mass is 9.39. The van der Waals surface area contributed by atoms with E-state index in [1.807, 2.05) is 25.1 Å². The lowest BCUT2D eigenvalue weighted by Crippen LogP contribution is -2.76. The molecule has 4 heterocycles. The largest absolute Gasteiger partial charge is 0.461 e. The summed E-state index contributed by atoms with van der Waals surface area (Å²) in [5.74, 6) is -1.94. The summed E-state index contributed by atoms with van der Waals surface area (Å²) in [5, 5.41) is 26.9. The Morgan fingerprint density at radius 1 is 1.04 bits per heavy atom. The molecule has 1 spiro atoms. The molecule has 12 heteroatoms. The summed E-state index contributed by atoms with van der Waals surface area (Å²) in [6.07, 6.45) is 6.30. The van der Waals surface area contributed by atoms with E-state index in [1.54, 1.807) is 18.2 Å². The molecule has 1 amide bonds. The van der Waals surface area contributed by atoms with Gasteiger partial charge in [-0.05, 0) is 105 Å². The Hall–Kier alpha value is -2.48. The van der Waals surface area contributed by atoms with Crippen LogP contribution >= 0.6 is 11.8 Å². The summed E-state index contributed by atoms with van der Waals surface area (Å²) in [7, 11) is 0. The average Bonchev–Trinajstić information content (AvgIpc) is 3.81. The number of esters is 2. The Labute approximate surface area is 302 Å². The van der Waals surface area contributed by atoms with E-state index >= 15 is 0 Å². The number of ether oxygens (including phenoxy) is 5. The van der Waals surface area contributed by atoms with Gasteiger partial charge in [-0.2, -0.15) is 0 Å². The topological polar surface area (TPSA) is 150 Å². The minimum absolute atomic E-state index is 0.0514. The third-order valence-corrected chi connectivity index (χ3v) is 16.5. The van der Waals surface area contributed by atoms with Crippen molar-refractivity contribution in [2.24, 2.45) is 39.9 Å². The highest BCUT2D eigenvalue weighted by Gasteiger charge is 2.73. The van der Waals surface area contributed by atoms with Crippen LogP contribution in [-0.2, 0) is 33.3 Å². The number of carbonyl (C=O) groups excluding carboxylic acids is 3. The molecule has 1 aromatic carbocycles. The predicted molar refractivity (Wildman–Crippen MR) is 184 cm³/mol. The number of cyclic esters (lactones) is 1. The second-order valence-electron chi connectivity index (χ2n) is 17.0. The van der Waals surface area contributed by atoms with E-state index in [0.29, 0.717) is 31.4 Å². The van der Waals surface area contributed by atoms with Crippen LogP contribution in [-0.4, -0.2) is 88.9 Å². The van der Waals surface area contributed by atoms with Crippen LogP contribution in [0.4, 0.5) is 0 Å². The van der Waals surface area contributed by atoms with Gasteiger partial charge in [-0.25, -0.2) is 9.59 Å². The zero-order chi connectivity index (χ0) is 35.4. The molecule has 3 N–H and O–H groups in total. The van der Waals surface area contributed by atoms with E-state index in [2.05, 4.69) is 12.2 Å². The van der Waals surface area contributed by atoms with Gasteiger partial charge in [-0.15, -0.1) is 11.8 Å². The zero-order valence-electron chi connectivity index (χ0n) is 29.3. The van der Waals surface area contributed by atoms with E-state index < -0.39 is 28.5 Å². The number of aliphatic hydroxyl groups excluding tert-OH is 1. The number of rotatable bonds is 5. The second-order valence-corrected chi connectivity index (χ2v) is 18.2. The summed E-state index contributed by atoms with van der Waals surface area (Å²) in [5.41, 5.74) is 0.440. The molecule has 8 aliphatic rings. The summed E-state index contributed by atoms with van der Waals surface area (Å²) in [6, 6.07) is 9.06. The number of fused-ring (bicyclic) bond motifs is 8. The highest BCUT2D eigenvalue weighted by Crippen LogP contribution is 2.74. The predicted octanol–water partition coefficient (Wildman–Crippen LogP) is 4.10. The Morgan fingerprint density at radius 3 is 2.59 bits per heavy atom. The molecule has 51 heavy (non-hydrogen) atoms. The van der Waals surface area contributed by atoms with Crippen LogP contribution < -0.4 is 5.32 Å². The smallest absolute Gasteiger partial charge is 0.338 e. The van der Waals surface area contributed by atoms with Crippen molar-refractivity contribution in [2.45, 2.75) is 107 Å². The first kappa shape index (κ1) is 34.3. The first-order valence-electron chi connectivity index (χ1n) is 18.8. The molecule has 4 aliphatic carbocycles. The van der Waals surface area contributed by atoms with Crippen molar-refractivity contribution < 1.29 is 48.3 Å².